The van der Waals surface area contributed by atoms with Gasteiger partial charge in [0.25, 0.3) is 0 Å². The Morgan fingerprint density at radius 2 is 2.24 bits per heavy atom. The molecule has 100 valence electrons. The normalized spacial score (nSPS) is 24.5. The highest BCUT2D eigenvalue weighted by atomic mass is 32.2. The van der Waals surface area contributed by atoms with Gasteiger partial charge in [0.1, 0.15) is 0 Å². The average Bonchev–Trinajstić information content (AvgIpc) is 2.59. The molecule has 1 rings (SSSR count). The minimum atomic E-state index is -3.00. The highest BCUT2D eigenvalue weighted by Gasteiger charge is 2.35. The van der Waals surface area contributed by atoms with Crippen LogP contribution in [0.25, 0.3) is 0 Å². The first kappa shape index (κ1) is 14.4. The van der Waals surface area contributed by atoms with E-state index in [0.717, 1.165) is 0 Å². The predicted molar refractivity (Wildman–Crippen MR) is 64.3 cm³/mol. The third-order valence-electron chi connectivity index (χ3n) is 2.86. The van der Waals surface area contributed by atoms with Crippen LogP contribution in [-0.4, -0.2) is 63.1 Å². The monoisotopic (exact) mass is 264 g/mol. The molecule has 17 heavy (non-hydrogen) atoms. The van der Waals surface area contributed by atoms with Gasteiger partial charge in [-0.2, -0.15) is 0 Å². The van der Waals surface area contributed by atoms with E-state index in [1.54, 1.807) is 18.9 Å². The van der Waals surface area contributed by atoms with Crippen LogP contribution in [-0.2, 0) is 19.4 Å². The highest BCUT2D eigenvalue weighted by Crippen LogP contribution is 2.18. The Bertz CT molecular complexity index is 367. The first-order valence-corrected chi connectivity index (χ1v) is 7.45. The summed E-state index contributed by atoms with van der Waals surface area (Å²) in [4.78, 5) is 13.4. The van der Waals surface area contributed by atoms with Gasteiger partial charge in [-0.25, -0.2) is 8.42 Å². The Balaban J connectivity index is 2.73. The van der Waals surface area contributed by atoms with E-state index < -0.39 is 15.9 Å². The second-order valence-corrected chi connectivity index (χ2v) is 6.60. The summed E-state index contributed by atoms with van der Waals surface area (Å²) >= 11 is 0. The molecule has 1 unspecified atom stereocenters. The molecule has 0 aromatic carbocycles. The number of nitrogens with zero attached hydrogens (tertiary/aromatic N) is 1. The molecule has 0 radical (unpaired) electrons. The highest BCUT2D eigenvalue weighted by molar-refractivity contribution is 7.91. The maximum absolute atomic E-state index is 11.9. The summed E-state index contributed by atoms with van der Waals surface area (Å²) in [6.45, 7) is 2.37. The van der Waals surface area contributed by atoms with Crippen LogP contribution < -0.4 is 5.73 Å². The molecule has 1 aliphatic rings. The van der Waals surface area contributed by atoms with E-state index in [2.05, 4.69) is 0 Å². The van der Waals surface area contributed by atoms with Gasteiger partial charge in [0.2, 0.25) is 5.91 Å². The molecule has 2 atom stereocenters. The van der Waals surface area contributed by atoms with Crippen molar-refractivity contribution in [1.82, 2.24) is 4.90 Å². The first-order chi connectivity index (χ1) is 7.87. The smallest absolute Gasteiger partial charge is 0.239 e. The minimum Gasteiger partial charge on any atom is -0.383 e. The van der Waals surface area contributed by atoms with Crippen LogP contribution in [0, 0.1) is 0 Å². The van der Waals surface area contributed by atoms with Crippen LogP contribution in [0.1, 0.15) is 13.3 Å². The summed E-state index contributed by atoms with van der Waals surface area (Å²) in [5.41, 5.74) is 5.56. The maximum Gasteiger partial charge on any atom is 0.239 e. The van der Waals surface area contributed by atoms with Crippen molar-refractivity contribution in [2.24, 2.45) is 5.73 Å². The molecule has 7 heteroatoms. The van der Waals surface area contributed by atoms with E-state index >= 15 is 0 Å². The Kier molecular flexibility index (Phi) is 4.91. The van der Waals surface area contributed by atoms with Gasteiger partial charge >= 0.3 is 0 Å². The van der Waals surface area contributed by atoms with Crippen LogP contribution >= 0.6 is 0 Å². The number of methoxy groups -OCH3 is 1. The van der Waals surface area contributed by atoms with Crippen molar-refractivity contribution in [3.8, 4) is 0 Å². The molecule has 2 N–H and O–H groups in total. The number of sulfone groups is 1. The zero-order chi connectivity index (χ0) is 13.1. The summed E-state index contributed by atoms with van der Waals surface area (Å²) in [5.74, 6) is -0.0353. The van der Waals surface area contributed by atoms with E-state index in [4.69, 9.17) is 10.5 Å². The molecule has 0 bridgehead atoms. The van der Waals surface area contributed by atoms with Gasteiger partial charge < -0.3 is 15.4 Å². The van der Waals surface area contributed by atoms with E-state index in [1.165, 1.54) is 0 Å². The van der Waals surface area contributed by atoms with Crippen LogP contribution in [0.5, 0.6) is 0 Å². The van der Waals surface area contributed by atoms with Gasteiger partial charge in [-0.3, -0.25) is 4.79 Å². The third-order valence-corrected chi connectivity index (χ3v) is 4.61. The number of hydrogen-bond donors (Lipinski definition) is 1. The molecule has 1 heterocycles. The number of carbonyl (C=O) groups is 1. The molecular weight excluding hydrogens is 244 g/mol. The molecule has 0 spiro atoms. The molecule has 1 saturated heterocycles. The summed E-state index contributed by atoms with van der Waals surface area (Å²) in [5, 5.41) is 0. The zero-order valence-electron chi connectivity index (χ0n) is 10.3. The van der Waals surface area contributed by atoms with Gasteiger partial charge in [-0.1, -0.05) is 0 Å². The van der Waals surface area contributed by atoms with Gasteiger partial charge in [0.05, 0.1) is 24.2 Å². The topological polar surface area (TPSA) is 89.7 Å². The first-order valence-electron chi connectivity index (χ1n) is 5.63. The second-order valence-electron chi connectivity index (χ2n) is 4.37. The molecular formula is C10H20N2O4S. The summed E-state index contributed by atoms with van der Waals surface area (Å²) in [7, 11) is -1.46. The van der Waals surface area contributed by atoms with Crippen molar-refractivity contribution in [2.75, 3.05) is 31.8 Å². The van der Waals surface area contributed by atoms with Crippen LogP contribution in [0.3, 0.4) is 0 Å². The maximum atomic E-state index is 11.9. The standard InChI is InChI=1S/C10H20N2O4S/c1-8(11)10(13)12(4-5-16-2)9-3-6-17(14,15)7-9/h8-9H,3-7,11H2,1-2H3/t8-,9?/m0/s1. The number of carbonyl (C=O) groups excluding carboxylic acids is 1. The Morgan fingerprint density at radius 1 is 1.59 bits per heavy atom. The summed E-state index contributed by atoms with van der Waals surface area (Å²) in [6, 6.07) is -0.871. The van der Waals surface area contributed by atoms with Gasteiger partial charge in [-0.05, 0) is 13.3 Å². The lowest BCUT2D eigenvalue weighted by atomic mass is 10.2. The van der Waals surface area contributed by atoms with Crippen LogP contribution in [0.15, 0.2) is 0 Å². The fraction of sp³-hybridized carbons (Fsp3) is 0.900. The van der Waals surface area contributed by atoms with E-state index in [0.29, 0.717) is 19.6 Å². The predicted octanol–water partition coefficient (Wildman–Crippen LogP) is -1.00. The number of ether oxygens (including phenoxy) is 1. The lowest BCUT2D eigenvalue weighted by molar-refractivity contribution is -0.134. The van der Waals surface area contributed by atoms with Crippen molar-refractivity contribution in [3.05, 3.63) is 0 Å². The van der Waals surface area contributed by atoms with E-state index in [-0.39, 0.29) is 23.5 Å². The Labute approximate surface area is 102 Å². The van der Waals surface area contributed by atoms with Gasteiger partial charge in [-0.15, -0.1) is 0 Å². The average molecular weight is 264 g/mol. The Hall–Kier alpha value is -0.660. The second kappa shape index (κ2) is 5.79. The van der Waals surface area contributed by atoms with Crippen LogP contribution in [0.4, 0.5) is 0 Å². The number of amides is 1. The Morgan fingerprint density at radius 3 is 2.65 bits per heavy atom. The fourth-order valence-corrected chi connectivity index (χ4v) is 3.68. The van der Waals surface area contributed by atoms with Gasteiger partial charge in [0, 0.05) is 19.7 Å². The number of hydrogen-bond acceptors (Lipinski definition) is 5. The van der Waals surface area contributed by atoms with Crippen molar-refractivity contribution in [1.29, 1.82) is 0 Å². The number of rotatable bonds is 5. The van der Waals surface area contributed by atoms with E-state index in [9.17, 15) is 13.2 Å². The molecule has 1 aliphatic heterocycles. The van der Waals surface area contributed by atoms with Crippen molar-refractivity contribution in [3.63, 3.8) is 0 Å². The third kappa shape index (κ3) is 3.93. The van der Waals surface area contributed by atoms with Crippen molar-refractivity contribution >= 4 is 15.7 Å². The summed E-state index contributed by atoms with van der Waals surface area (Å²) in [6.07, 6.45) is 0.491. The van der Waals surface area contributed by atoms with Crippen molar-refractivity contribution in [2.45, 2.75) is 25.4 Å². The SMILES string of the molecule is COCCN(C(=O)[C@H](C)N)C1CCS(=O)(=O)C1. The molecule has 1 fully saturated rings. The lowest BCUT2D eigenvalue weighted by Crippen LogP contribution is -2.49. The zero-order valence-corrected chi connectivity index (χ0v) is 11.1. The fourth-order valence-electron chi connectivity index (χ4n) is 1.95. The lowest BCUT2D eigenvalue weighted by Gasteiger charge is -2.29. The molecule has 0 aromatic rings. The number of nitrogens with two attached hydrogens (primary N) is 1. The van der Waals surface area contributed by atoms with Gasteiger partial charge in [0.15, 0.2) is 9.84 Å². The molecule has 1 amide bonds. The van der Waals surface area contributed by atoms with E-state index in [1.807, 2.05) is 0 Å². The molecule has 6 nitrogen and oxygen atoms in total. The molecule has 0 aromatic heterocycles. The van der Waals surface area contributed by atoms with Crippen LogP contribution in [0.2, 0.25) is 0 Å². The minimum absolute atomic E-state index is 0.0369. The quantitative estimate of drug-likeness (QED) is 0.687. The van der Waals surface area contributed by atoms with Crippen molar-refractivity contribution < 1.29 is 17.9 Å². The summed E-state index contributed by atoms with van der Waals surface area (Å²) < 4.78 is 27.8. The largest absolute Gasteiger partial charge is 0.383 e. The molecule has 0 aliphatic carbocycles. The molecule has 0 saturated carbocycles.